The molecule has 2 N–H and O–H groups in total. The van der Waals surface area contributed by atoms with Crippen molar-refractivity contribution in [2.45, 2.75) is 17.5 Å². The number of hydrogen-bond donors (Lipinski definition) is 2. The molecule has 0 saturated heterocycles. The Morgan fingerprint density at radius 1 is 1.11 bits per heavy atom. The van der Waals surface area contributed by atoms with Crippen molar-refractivity contribution in [2.24, 2.45) is 0 Å². The van der Waals surface area contributed by atoms with Crippen molar-refractivity contribution in [3.05, 3.63) is 76.5 Å². The van der Waals surface area contributed by atoms with Crippen molar-refractivity contribution in [3.63, 3.8) is 0 Å². The van der Waals surface area contributed by atoms with E-state index in [4.69, 9.17) is 9.47 Å². The highest BCUT2D eigenvalue weighted by molar-refractivity contribution is 7.89. The summed E-state index contributed by atoms with van der Waals surface area (Å²) in [5.41, 5.74) is 2.98. The average molecular weight is 556 g/mol. The molecule has 198 valence electrons. The van der Waals surface area contributed by atoms with Crippen molar-refractivity contribution in [1.29, 1.82) is 0 Å². The number of para-hydroxylation sites is 1. The summed E-state index contributed by atoms with van der Waals surface area (Å²) in [6, 6.07) is 12.8. The number of sulfonamides is 1. The third kappa shape index (κ3) is 5.88. The minimum absolute atomic E-state index is 0.0823. The largest absolute Gasteiger partial charge is 0.481 e. The number of thiophene rings is 1. The van der Waals surface area contributed by atoms with Gasteiger partial charge >= 0.3 is 0 Å². The van der Waals surface area contributed by atoms with Gasteiger partial charge < -0.3 is 14.4 Å². The molecule has 12 heteroatoms. The molecule has 1 unspecified atom stereocenters. The molecule has 0 aliphatic carbocycles. The van der Waals surface area contributed by atoms with E-state index >= 15 is 0 Å². The summed E-state index contributed by atoms with van der Waals surface area (Å²) < 4.78 is 39.0. The number of methoxy groups -OCH3 is 1. The Morgan fingerprint density at radius 2 is 1.84 bits per heavy atom. The second kappa shape index (κ2) is 12.2. The number of rotatable bonds is 7. The van der Waals surface area contributed by atoms with Gasteiger partial charge in [0.05, 0.1) is 17.0 Å². The van der Waals surface area contributed by atoms with E-state index in [0.717, 1.165) is 4.31 Å². The number of ether oxygens (including phenoxy) is 2. The summed E-state index contributed by atoms with van der Waals surface area (Å²) in [5, 5.41) is 12.9. The summed E-state index contributed by atoms with van der Waals surface area (Å²) in [4.78, 5) is 27.5. The first-order chi connectivity index (χ1) is 18.4. The van der Waals surface area contributed by atoms with Crippen LogP contribution in [-0.4, -0.2) is 62.7 Å². The third-order valence-electron chi connectivity index (χ3n) is 5.82. The van der Waals surface area contributed by atoms with Crippen LogP contribution in [0.2, 0.25) is 0 Å². The topological polar surface area (TPSA) is 125 Å². The molecule has 0 radical (unpaired) electrons. The third-order valence-corrected chi connectivity index (χ3v) is 8.37. The maximum absolute atomic E-state index is 13.8. The molecule has 4 rings (SSSR count). The van der Waals surface area contributed by atoms with Crippen LogP contribution < -0.4 is 15.1 Å². The monoisotopic (exact) mass is 555 g/mol. The molecule has 38 heavy (non-hydrogen) atoms. The molecule has 3 aromatic rings. The summed E-state index contributed by atoms with van der Waals surface area (Å²) in [5.74, 6) is 4.59. The average Bonchev–Trinajstić information content (AvgIpc) is 3.41. The van der Waals surface area contributed by atoms with Crippen molar-refractivity contribution < 1.29 is 32.7 Å². The maximum atomic E-state index is 13.8. The smallest absolute Gasteiger partial charge is 0.263 e. The van der Waals surface area contributed by atoms with Crippen LogP contribution in [0.15, 0.2) is 70.3 Å². The first-order valence-corrected chi connectivity index (χ1v) is 13.8. The predicted molar refractivity (Wildman–Crippen MR) is 140 cm³/mol. The molecule has 0 saturated carbocycles. The lowest BCUT2D eigenvalue weighted by Crippen LogP contribution is -2.53. The van der Waals surface area contributed by atoms with E-state index in [9.17, 15) is 23.2 Å². The fraction of sp³-hybridized carbons (Fsp3) is 0.231. The number of amides is 2. The van der Waals surface area contributed by atoms with Gasteiger partial charge in [-0.15, -0.1) is 0 Å². The lowest BCUT2D eigenvalue weighted by molar-refractivity contribution is -0.133. The number of hydroxylamine groups is 1. The van der Waals surface area contributed by atoms with E-state index in [1.165, 1.54) is 47.6 Å². The fourth-order valence-electron chi connectivity index (χ4n) is 3.96. The second-order valence-corrected chi connectivity index (χ2v) is 10.8. The number of carbonyl (C=O) groups is 2. The Kier molecular flexibility index (Phi) is 8.77. The van der Waals surface area contributed by atoms with Crippen molar-refractivity contribution in [3.8, 4) is 17.6 Å². The Labute approximate surface area is 224 Å². The standard InChI is InChI=1S/C26H25N3O7S2/c1-35-13-4-5-14-36-21-8-10-22(11-9-21)38(33,34)29-16-19-6-2-3-7-23(19)28(17-24(29)25(30)27-32)26(31)20-12-15-37-18-20/h2-3,6-12,15,18,24,32H,13-14,16-17H2,1H3,(H,27,30). The number of hydrogen-bond acceptors (Lipinski definition) is 8. The minimum atomic E-state index is -4.26. The number of anilines is 1. The number of benzene rings is 2. The molecule has 1 aliphatic heterocycles. The zero-order chi connectivity index (χ0) is 27.1. The SMILES string of the molecule is COCC#CCOc1ccc(S(=O)(=O)N2Cc3ccccc3N(C(=O)c3ccsc3)CC2C(=O)NO)cc1. The highest BCUT2D eigenvalue weighted by Gasteiger charge is 2.41. The zero-order valence-corrected chi connectivity index (χ0v) is 22.0. The van der Waals surface area contributed by atoms with E-state index in [-0.39, 0.29) is 37.1 Å². The molecule has 1 aromatic heterocycles. The van der Waals surface area contributed by atoms with Crippen LogP contribution in [0, 0.1) is 11.8 Å². The van der Waals surface area contributed by atoms with E-state index in [1.54, 1.807) is 46.6 Å². The Balaban J connectivity index is 1.68. The maximum Gasteiger partial charge on any atom is 0.263 e. The van der Waals surface area contributed by atoms with Crippen molar-refractivity contribution in [2.75, 3.05) is 31.8 Å². The highest BCUT2D eigenvalue weighted by Crippen LogP contribution is 2.32. The van der Waals surface area contributed by atoms with Gasteiger partial charge in [-0.3, -0.25) is 14.8 Å². The van der Waals surface area contributed by atoms with Gasteiger partial charge in [0.25, 0.3) is 11.8 Å². The Morgan fingerprint density at radius 3 is 2.53 bits per heavy atom. The van der Waals surface area contributed by atoms with Crippen LogP contribution in [0.4, 0.5) is 5.69 Å². The van der Waals surface area contributed by atoms with Gasteiger partial charge in [-0.05, 0) is 47.3 Å². The van der Waals surface area contributed by atoms with Gasteiger partial charge in [0, 0.05) is 24.7 Å². The fourth-order valence-corrected chi connectivity index (χ4v) is 6.15. The van der Waals surface area contributed by atoms with E-state index in [0.29, 0.717) is 22.6 Å². The summed E-state index contributed by atoms with van der Waals surface area (Å²) in [7, 11) is -2.73. The van der Waals surface area contributed by atoms with Crippen LogP contribution in [0.5, 0.6) is 5.75 Å². The van der Waals surface area contributed by atoms with E-state index in [1.807, 2.05) is 0 Å². The van der Waals surface area contributed by atoms with Crippen LogP contribution in [0.25, 0.3) is 0 Å². The Bertz CT molecular complexity index is 1450. The van der Waals surface area contributed by atoms with Gasteiger partial charge in [0.1, 0.15) is 25.0 Å². The highest BCUT2D eigenvalue weighted by atomic mass is 32.2. The lowest BCUT2D eigenvalue weighted by atomic mass is 10.1. The first-order valence-electron chi connectivity index (χ1n) is 11.4. The van der Waals surface area contributed by atoms with Gasteiger partial charge in [-0.2, -0.15) is 15.6 Å². The normalized spacial score (nSPS) is 15.5. The molecule has 1 aliphatic rings. The van der Waals surface area contributed by atoms with Gasteiger partial charge in [-0.25, -0.2) is 13.9 Å². The van der Waals surface area contributed by atoms with Gasteiger partial charge in [0.15, 0.2) is 0 Å². The number of nitrogens with zero attached hydrogens (tertiary/aromatic N) is 2. The summed E-state index contributed by atoms with van der Waals surface area (Å²) in [6.07, 6.45) is 0. The molecule has 0 bridgehead atoms. The van der Waals surface area contributed by atoms with Crippen LogP contribution >= 0.6 is 11.3 Å². The molecule has 10 nitrogen and oxygen atoms in total. The second-order valence-electron chi connectivity index (χ2n) is 8.15. The molecular weight excluding hydrogens is 530 g/mol. The molecule has 1 atom stereocenters. The number of nitrogens with one attached hydrogen (secondary N) is 1. The first kappa shape index (κ1) is 27.3. The van der Waals surface area contributed by atoms with Crippen molar-refractivity contribution in [1.82, 2.24) is 9.79 Å². The lowest BCUT2D eigenvalue weighted by Gasteiger charge is -2.29. The quantitative estimate of drug-likeness (QED) is 0.261. The number of carbonyl (C=O) groups excluding carboxylic acids is 2. The zero-order valence-electron chi connectivity index (χ0n) is 20.4. The van der Waals surface area contributed by atoms with E-state index < -0.39 is 22.0 Å². The number of fused-ring (bicyclic) bond motifs is 1. The summed E-state index contributed by atoms with van der Waals surface area (Å²) in [6.45, 7) is -0.126. The minimum Gasteiger partial charge on any atom is -0.481 e. The van der Waals surface area contributed by atoms with Gasteiger partial charge in [-0.1, -0.05) is 30.0 Å². The molecule has 0 spiro atoms. The summed E-state index contributed by atoms with van der Waals surface area (Å²) >= 11 is 1.35. The molecule has 2 heterocycles. The van der Waals surface area contributed by atoms with Gasteiger partial charge in [0.2, 0.25) is 10.0 Å². The molecule has 0 fully saturated rings. The molecular formula is C26H25N3O7S2. The molecule has 2 aromatic carbocycles. The van der Waals surface area contributed by atoms with Crippen LogP contribution in [0.3, 0.4) is 0 Å². The Hall–Kier alpha value is -3.73. The van der Waals surface area contributed by atoms with E-state index in [2.05, 4.69) is 11.8 Å². The van der Waals surface area contributed by atoms with Crippen LogP contribution in [0.1, 0.15) is 15.9 Å². The van der Waals surface area contributed by atoms with Crippen molar-refractivity contribution >= 4 is 38.9 Å². The molecule has 2 amide bonds. The van der Waals surface area contributed by atoms with Crippen LogP contribution in [-0.2, 0) is 26.1 Å². The predicted octanol–water partition coefficient (Wildman–Crippen LogP) is 2.50.